The fourth-order valence-corrected chi connectivity index (χ4v) is 3.13. The summed E-state index contributed by atoms with van der Waals surface area (Å²) < 4.78 is 0. The van der Waals surface area contributed by atoms with Crippen LogP contribution in [0.4, 0.5) is 5.82 Å². The molecule has 1 aromatic heterocycles. The van der Waals surface area contributed by atoms with Gasteiger partial charge in [0.2, 0.25) is 5.91 Å². The van der Waals surface area contributed by atoms with E-state index in [0.717, 1.165) is 18.7 Å². The number of hydrogen-bond acceptors (Lipinski definition) is 3. The molecule has 0 aliphatic carbocycles. The van der Waals surface area contributed by atoms with Crippen molar-refractivity contribution in [2.45, 2.75) is 12.8 Å². The number of nitrogens with zero attached hydrogens (tertiary/aromatic N) is 2. The van der Waals surface area contributed by atoms with Crippen LogP contribution in [0.2, 0.25) is 0 Å². The maximum atomic E-state index is 12.7. The molecule has 3 rings (SSSR count). The Morgan fingerprint density at radius 1 is 1.23 bits per heavy atom. The Balaban J connectivity index is 1.78. The van der Waals surface area contributed by atoms with E-state index in [1.54, 1.807) is 6.20 Å². The van der Waals surface area contributed by atoms with Gasteiger partial charge in [-0.15, -0.1) is 0 Å². The summed E-state index contributed by atoms with van der Waals surface area (Å²) in [6.45, 7) is 3.67. The maximum Gasteiger partial charge on any atom is 0.230 e. The number of likely N-dealkylation sites (tertiary alicyclic amines) is 1. The van der Waals surface area contributed by atoms with Crippen molar-refractivity contribution >= 4 is 11.7 Å². The van der Waals surface area contributed by atoms with Crippen molar-refractivity contribution < 1.29 is 4.79 Å². The zero-order valence-electron chi connectivity index (χ0n) is 13.0. The lowest BCUT2D eigenvalue weighted by atomic mass is 9.88. The normalized spacial score (nSPS) is 21.7. The highest BCUT2D eigenvalue weighted by molar-refractivity contribution is 5.92. The number of pyridine rings is 1. The van der Waals surface area contributed by atoms with Gasteiger partial charge in [0, 0.05) is 25.2 Å². The van der Waals surface area contributed by atoms with E-state index in [2.05, 4.69) is 34.4 Å². The molecule has 0 saturated carbocycles. The molecule has 2 heterocycles. The number of amides is 1. The molecule has 1 amide bonds. The number of carbonyl (C=O) groups is 1. The summed E-state index contributed by atoms with van der Waals surface area (Å²) in [5.74, 6) is 0.869. The third kappa shape index (κ3) is 3.17. The van der Waals surface area contributed by atoms with Crippen molar-refractivity contribution in [3.63, 3.8) is 0 Å². The van der Waals surface area contributed by atoms with Crippen LogP contribution in [0.25, 0.3) is 0 Å². The van der Waals surface area contributed by atoms with Crippen LogP contribution in [0.5, 0.6) is 0 Å². The largest absolute Gasteiger partial charge is 0.310 e. The van der Waals surface area contributed by atoms with Crippen molar-refractivity contribution in [2.24, 2.45) is 5.92 Å². The van der Waals surface area contributed by atoms with Crippen molar-refractivity contribution in [1.29, 1.82) is 0 Å². The SMILES string of the molecule is Cc1ccnc(NC(=O)C2CN(C)CC2c2ccccc2)c1. The monoisotopic (exact) mass is 295 g/mol. The van der Waals surface area contributed by atoms with Crippen LogP contribution in [0.3, 0.4) is 0 Å². The number of aromatic nitrogens is 1. The van der Waals surface area contributed by atoms with Gasteiger partial charge in [0.15, 0.2) is 0 Å². The van der Waals surface area contributed by atoms with E-state index in [1.165, 1.54) is 5.56 Å². The maximum absolute atomic E-state index is 12.7. The van der Waals surface area contributed by atoms with Crippen LogP contribution in [0.1, 0.15) is 17.0 Å². The van der Waals surface area contributed by atoms with Gasteiger partial charge in [-0.05, 0) is 37.2 Å². The molecule has 1 saturated heterocycles. The van der Waals surface area contributed by atoms with Crippen molar-refractivity contribution in [3.8, 4) is 0 Å². The van der Waals surface area contributed by atoms with Gasteiger partial charge in [0.25, 0.3) is 0 Å². The molecule has 1 aliphatic heterocycles. The van der Waals surface area contributed by atoms with Crippen LogP contribution in [0, 0.1) is 12.8 Å². The lowest BCUT2D eigenvalue weighted by Crippen LogP contribution is -2.28. The first-order valence-corrected chi connectivity index (χ1v) is 7.60. The van der Waals surface area contributed by atoms with Gasteiger partial charge in [-0.2, -0.15) is 0 Å². The fraction of sp³-hybridized carbons (Fsp3) is 0.333. The molecular formula is C18H21N3O. The molecule has 2 unspecified atom stereocenters. The Hall–Kier alpha value is -2.20. The van der Waals surface area contributed by atoms with Gasteiger partial charge < -0.3 is 10.2 Å². The summed E-state index contributed by atoms with van der Waals surface area (Å²) in [6.07, 6.45) is 1.72. The number of benzene rings is 1. The summed E-state index contributed by atoms with van der Waals surface area (Å²) in [7, 11) is 2.06. The third-order valence-electron chi connectivity index (χ3n) is 4.23. The van der Waals surface area contributed by atoms with Crippen LogP contribution in [0.15, 0.2) is 48.7 Å². The van der Waals surface area contributed by atoms with E-state index >= 15 is 0 Å². The molecular weight excluding hydrogens is 274 g/mol. The molecule has 4 nitrogen and oxygen atoms in total. The number of nitrogens with one attached hydrogen (secondary N) is 1. The number of anilines is 1. The third-order valence-corrected chi connectivity index (χ3v) is 4.23. The predicted octanol–water partition coefficient (Wildman–Crippen LogP) is 2.67. The zero-order chi connectivity index (χ0) is 15.5. The topological polar surface area (TPSA) is 45.2 Å². The van der Waals surface area contributed by atoms with Crippen LogP contribution in [-0.4, -0.2) is 35.9 Å². The molecule has 114 valence electrons. The number of carbonyl (C=O) groups excluding carboxylic acids is 1. The van der Waals surface area contributed by atoms with Crippen molar-refractivity contribution in [2.75, 3.05) is 25.5 Å². The summed E-state index contributed by atoms with van der Waals surface area (Å²) in [5.41, 5.74) is 2.32. The molecule has 0 radical (unpaired) electrons. The summed E-state index contributed by atoms with van der Waals surface area (Å²) in [4.78, 5) is 19.1. The van der Waals surface area contributed by atoms with Crippen molar-refractivity contribution in [3.05, 3.63) is 59.8 Å². The molecule has 22 heavy (non-hydrogen) atoms. The van der Waals surface area contributed by atoms with Gasteiger partial charge in [-0.1, -0.05) is 30.3 Å². The zero-order valence-corrected chi connectivity index (χ0v) is 13.0. The van der Waals surface area contributed by atoms with Crippen LogP contribution in [-0.2, 0) is 4.79 Å². The predicted molar refractivity (Wildman–Crippen MR) is 87.8 cm³/mol. The Labute approximate surface area is 131 Å². The van der Waals surface area contributed by atoms with Crippen molar-refractivity contribution in [1.82, 2.24) is 9.88 Å². The van der Waals surface area contributed by atoms with Gasteiger partial charge in [-0.3, -0.25) is 4.79 Å². The fourth-order valence-electron chi connectivity index (χ4n) is 3.13. The Morgan fingerprint density at radius 2 is 2.00 bits per heavy atom. The second-order valence-corrected chi connectivity index (χ2v) is 6.05. The lowest BCUT2D eigenvalue weighted by Gasteiger charge is -2.18. The second-order valence-electron chi connectivity index (χ2n) is 6.05. The minimum atomic E-state index is -0.0466. The minimum absolute atomic E-state index is 0.0466. The number of rotatable bonds is 3. The molecule has 0 bridgehead atoms. The highest BCUT2D eigenvalue weighted by Crippen LogP contribution is 2.32. The van der Waals surface area contributed by atoms with E-state index in [0.29, 0.717) is 5.82 Å². The van der Waals surface area contributed by atoms with Gasteiger partial charge in [0.05, 0.1) is 5.92 Å². The van der Waals surface area contributed by atoms with E-state index in [-0.39, 0.29) is 17.7 Å². The molecule has 4 heteroatoms. The molecule has 1 aliphatic rings. The summed E-state index contributed by atoms with van der Waals surface area (Å²) in [6, 6.07) is 14.1. The molecule has 2 aromatic rings. The highest BCUT2D eigenvalue weighted by atomic mass is 16.2. The quantitative estimate of drug-likeness (QED) is 0.947. The minimum Gasteiger partial charge on any atom is -0.310 e. The number of likely N-dealkylation sites (N-methyl/N-ethyl adjacent to an activating group) is 1. The Kier molecular flexibility index (Phi) is 4.20. The highest BCUT2D eigenvalue weighted by Gasteiger charge is 2.36. The summed E-state index contributed by atoms with van der Waals surface area (Å²) in [5, 5.41) is 2.97. The van der Waals surface area contributed by atoms with Gasteiger partial charge in [-0.25, -0.2) is 4.98 Å². The number of hydrogen-bond donors (Lipinski definition) is 1. The first-order valence-electron chi connectivity index (χ1n) is 7.60. The number of aryl methyl sites for hydroxylation is 1. The smallest absolute Gasteiger partial charge is 0.230 e. The average Bonchev–Trinajstić information content (AvgIpc) is 2.90. The van der Waals surface area contributed by atoms with E-state index < -0.39 is 0 Å². The molecule has 1 N–H and O–H groups in total. The molecule has 1 fully saturated rings. The summed E-state index contributed by atoms with van der Waals surface area (Å²) >= 11 is 0. The first-order chi connectivity index (χ1) is 10.6. The van der Waals surface area contributed by atoms with Crippen LogP contribution < -0.4 is 5.32 Å². The molecule has 0 spiro atoms. The Morgan fingerprint density at radius 3 is 2.73 bits per heavy atom. The van der Waals surface area contributed by atoms with E-state index in [9.17, 15) is 4.79 Å². The second kappa shape index (κ2) is 6.28. The van der Waals surface area contributed by atoms with E-state index in [1.807, 2.05) is 37.3 Å². The standard InChI is InChI=1S/C18H21N3O/c1-13-8-9-19-17(10-13)20-18(22)16-12-21(2)11-15(16)14-6-4-3-5-7-14/h3-10,15-16H,11-12H2,1-2H3,(H,19,20,22). The Bertz CT molecular complexity index is 656. The molecule has 1 aromatic carbocycles. The van der Waals surface area contributed by atoms with Gasteiger partial charge in [0.1, 0.15) is 5.82 Å². The first kappa shape index (κ1) is 14.7. The van der Waals surface area contributed by atoms with E-state index in [4.69, 9.17) is 0 Å². The lowest BCUT2D eigenvalue weighted by molar-refractivity contribution is -0.119. The average molecular weight is 295 g/mol. The molecule has 2 atom stereocenters. The van der Waals surface area contributed by atoms with Gasteiger partial charge >= 0.3 is 0 Å². The van der Waals surface area contributed by atoms with Crippen LogP contribution >= 0.6 is 0 Å².